The van der Waals surface area contributed by atoms with Crippen LogP contribution >= 0.6 is 0 Å². The van der Waals surface area contributed by atoms with Crippen LogP contribution in [0.3, 0.4) is 0 Å². The van der Waals surface area contributed by atoms with Crippen molar-refractivity contribution in [2.45, 2.75) is 20.3 Å². The Balaban J connectivity index is 2.21. The average Bonchev–Trinajstić information content (AvgIpc) is 2.56. The molecule has 0 atom stereocenters. The molecule has 0 aliphatic carbocycles. The third-order valence-corrected chi connectivity index (χ3v) is 3.76. The normalized spacial score (nSPS) is 12.3. The van der Waals surface area contributed by atoms with Crippen molar-refractivity contribution in [3.63, 3.8) is 0 Å². The first-order valence-corrected chi connectivity index (χ1v) is 7.53. The number of hydrogen-bond donors (Lipinski definition) is 1. The second-order valence-corrected chi connectivity index (χ2v) is 5.27. The lowest BCUT2D eigenvalue weighted by molar-refractivity contribution is 0.475. The van der Waals surface area contributed by atoms with E-state index in [2.05, 4.69) is 56.8 Å². The predicted molar refractivity (Wildman–Crippen MR) is 95.8 cm³/mol. The second-order valence-electron chi connectivity index (χ2n) is 5.27. The van der Waals surface area contributed by atoms with E-state index in [1.807, 2.05) is 18.2 Å². The molecule has 0 saturated heterocycles. The van der Waals surface area contributed by atoms with E-state index in [1.54, 1.807) is 12.1 Å². The maximum atomic E-state index is 9.35. The van der Waals surface area contributed by atoms with Gasteiger partial charge in [0.1, 0.15) is 5.75 Å². The fourth-order valence-corrected chi connectivity index (χ4v) is 2.24. The van der Waals surface area contributed by atoms with Crippen LogP contribution in [0.25, 0.3) is 16.7 Å². The molecule has 1 N–H and O–H groups in total. The van der Waals surface area contributed by atoms with Crippen LogP contribution in [0.5, 0.6) is 5.75 Å². The fourth-order valence-electron chi connectivity index (χ4n) is 2.24. The first-order valence-electron chi connectivity index (χ1n) is 7.53. The van der Waals surface area contributed by atoms with Crippen LogP contribution in [0.1, 0.15) is 25.8 Å². The molecule has 0 aromatic heterocycles. The Morgan fingerprint density at radius 3 is 2.00 bits per heavy atom. The lowest BCUT2D eigenvalue weighted by Crippen LogP contribution is -1.82. The van der Waals surface area contributed by atoms with Crippen molar-refractivity contribution in [3.8, 4) is 16.9 Å². The number of hydrogen-bond acceptors (Lipinski definition) is 1. The van der Waals surface area contributed by atoms with Gasteiger partial charge in [-0.2, -0.15) is 0 Å². The van der Waals surface area contributed by atoms with Crippen molar-refractivity contribution in [2.75, 3.05) is 0 Å². The largest absolute Gasteiger partial charge is 0.508 e. The molecule has 1 nitrogen and oxygen atoms in total. The Morgan fingerprint density at radius 2 is 1.50 bits per heavy atom. The van der Waals surface area contributed by atoms with Gasteiger partial charge in [0.2, 0.25) is 0 Å². The van der Waals surface area contributed by atoms with Crippen LogP contribution in [0.2, 0.25) is 0 Å². The van der Waals surface area contributed by atoms with Crippen LogP contribution in [-0.4, -0.2) is 5.11 Å². The summed E-state index contributed by atoms with van der Waals surface area (Å²) >= 11 is 0. The van der Waals surface area contributed by atoms with Gasteiger partial charge in [0.05, 0.1) is 0 Å². The van der Waals surface area contributed by atoms with Crippen LogP contribution in [-0.2, 0) is 0 Å². The lowest BCUT2D eigenvalue weighted by atomic mass is 10.0. The van der Waals surface area contributed by atoms with Gasteiger partial charge in [-0.05, 0) is 53.3 Å². The molecule has 0 fully saturated rings. The number of allylic oxidation sites excluding steroid dienone is 5. The Hall–Kier alpha value is -2.54. The van der Waals surface area contributed by atoms with E-state index in [-0.39, 0.29) is 0 Å². The maximum Gasteiger partial charge on any atom is 0.115 e. The van der Waals surface area contributed by atoms with E-state index in [1.165, 1.54) is 16.7 Å². The Kier molecular flexibility index (Phi) is 5.37. The van der Waals surface area contributed by atoms with Gasteiger partial charge in [0, 0.05) is 0 Å². The molecule has 2 aromatic carbocycles. The van der Waals surface area contributed by atoms with Crippen molar-refractivity contribution >= 4 is 5.57 Å². The van der Waals surface area contributed by atoms with Crippen molar-refractivity contribution in [3.05, 3.63) is 84.5 Å². The molecule has 2 rings (SSSR count). The highest BCUT2D eigenvalue weighted by Gasteiger charge is 1.99. The van der Waals surface area contributed by atoms with E-state index < -0.39 is 0 Å². The molecule has 0 saturated carbocycles. The molecule has 0 bridgehead atoms. The van der Waals surface area contributed by atoms with Gasteiger partial charge < -0.3 is 5.11 Å². The first kappa shape index (κ1) is 15.8. The smallest absolute Gasteiger partial charge is 0.115 e. The lowest BCUT2D eigenvalue weighted by Gasteiger charge is -2.05. The molecule has 22 heavy (non-hydrogen) atoms. The van der Waals surface area contributed by atoms with E-state index in [0.717, 1.165) is 17.5 Å². The summed E-state index contributed by atoms with van der Waals surface area (Å²) in [6.45, 7) is 8.06. The van der Waals surface area contributed by atoms with Crippen molar-refractivity contribution < 1.29 is 5.11 Å². The zero-order chi connectivity index (χ0) is 15.9. The summed E-state index contributed by atoms with van der Waals surface area (Å²) < 4.78 is 0. The van der Waals surface area contributed by atoms with Gasteiger partial charge in [-0.1, -0.05) is 68.1 Å². The number of phenolic OH excluding ortho intramolecular Hbond substituents is 1. The maximum absolute atomic E-state index is 9.35. The van der Waals surface area contributed by atoms with E-state index in [0.29, 0.717) is 5.75 Å². The molecule has 0 spiro atoms. The Bertz CT molecular complexity index is 686. The van der Waals surface area contributed by atoms with Gasteiger partial charge in [0.15, 0.2) is 0 Å². The monoisotopic (exact) mass is 290 g/mol. The summed E-state index contributed by atoms with van der Waals surface area (Å²) in [7, 11) is 0. The molecule has 1 heteroatoms. The standard InChI is InChI=1S/C21H22O/c1-4-17(5-2)7-6-16(3)18-8-10-19(11-9-18)20-12-14-21(22)15-13-20/h4,6-15,22H,1,5H2,2-3H3/b16-6+,17-7+. The number of phenols is 1. The molecule has 0 unspecified atom stereocenters. The summed E-state index contributed by atoms with van der Waals surface area (Å²) in [4.78, 5) is 0. The molecule has 112 valence electrons. The summed E-state index contributed by atoms with van der Waals surface area (Å²) in [5.41, 5.74) is 5.92. The fraction of sp³-hybridized carbons (Fsp3) is 0.143. The first-order chi connectivity index (χ1) is 10.6. The summed E-state index contributed by atoms with van der Waals surface area (Å²) in [6.07, 6.45) is 7.15. The minimum atomic E-state index is 0.292. The van der Waals surface area contributed by atoms with Crippen molar-refractivity contribution in [2.24, 2.45) is 0 Å². The van der Waals surface area contributed by atoms with Crippen LogP contribution in [0.4, 0.5) is 0 Å². The van der Waals surface area contributed by atoms with Crippen LogP contribution < -0.4 is 0 Å². The highest BCUT2D eigenvalue weighted by molar-refractivity contribution is 5.70. The Labute approximate surface area is 132 Å². The second kappa shape index (κ2) is 7.46. The predicted octanol–water partition coefficient (Wildman–Crippen LogP) is 5.98. The van der Waals surface area contributed by atoms with E-state index in [4.69, 9.17) is 0 Å². The van der Waals surface area contributed by atoms with Gasteiger partial charge in [-0.3, -0.25) is 0 Å². The zero-order valence-electron chi connectivity index (χ0n) is 13.2. The quantitative estimate of drug-likeness (QED) is 0.671. The highest BCUT2D eigenvalue weighted by atomic mass is 16.3. The number of rotatable bonds is 5. The Morgan fingerprint density at radius 1 is 0.955 bits per heavy atom. The van der Waals surface area contributed by atoms with Crippen molar-refractivity contribution in [1.82, 2.24) is 0 Å². The molecule has 0 amide bonds. The zero-order valence-corrected chi connectivity index (χ0v) is 13.2. The van der Waals surface area contributed by atoms with Crippen LogP contribution in [0, 0.1) is 0 Å². The molecule has 0 aliphatic rings. The van der Waals surface area contributed by atoms with E-state index in [9.17, 15) is 5.11 Å². The number of aromatic hydroxyl groups is 1. The molecule has 2 aromatic rings. The molecule has 0 heterocycles. The topological polar surface area (TPSA) is 20.2 Å². The SMILES string of the molecule is C=C/C(=C\C=C(/C)c1ccc(-c2ccc(O)cc2)cc1)CC. The number of benzene rings is 2. The van der Waals surface area contributed by atoms with Crippen molar-refractivity contribution in [1.29, 1.82) is 0 Å². The van der Waals surface area contributed by atoms with Gasteiger partial charge >= 0.3 is 0 Å². The third-order valence-electron chi connectivity index (χ3n) is 3.76. The average molecular weight is 290 g/mol. The molecule has 0 aliphatic heterocycles. The summed E-state index contributed by atoms with van der Waals surface area (Å²) in [6, 6.07) is 15.7. The van der Waals surface area contributed by atoms with Gasteiger partial charge in [-0.15, -0.1) is 0 Å². The van der Waals surface area contributed by atoms with Gasteiger partial charge in [0.25, 0.3) is 0 Å². The summed E-state index contributed by atoms with van der Waals surface area (Å²) in [5.74, 6) is 0.292. The van der Waals surface area contributed by atoms with Gasteiger partial charge in [-0.25, -0.2) is 0 Å². The molecular weight excluding hydrogens is 268 g/mol. The van der Waals surface area contributed by atoms with E-state index >= 15 is 0 Å². The highest BCUT2D eigenvalue weighted by Crippen LogP contribution is 2.24. The summed E-state index contributed by atoms with van der Waals surface area (Å²) in [5, 5.41) is 9.35. The molecular formula is C21H22O. The minimum Gasteiger partial charge on any atom is -0.508 e. The third kappa shape index (κ3) is 3.98. The molecule has 0 radical (unpaired) electrons. The minimum absolute atomic E-state index is 0.292. The van der Waals surface area contributed by atoms with Crippen LogP contribution in [0.15, 0.2) is 78.9 Å².